The Morgan fingerprint density at radius 3 is 2.62 bits per heavy atom. The van der Waals surface area contributed by atoms with Gasteiger partial charge < -0.3 is 19.5 Å². The van der Waals surface area contributed by atoms with Crippen LogP contribution in [0, 0.1) is 10.1 Å². The molecule has 1 aliphatic heterocycles. The fraction of sp³-hybridized carbons (Fsp3) is 0.235. The standard InChI is InChI=1S/C17H15BrN2O6/c1-24-14-3-2-11(20(22)23)8-13(14)19-17(21)7-10-6-15-16(9-12(10)18)26-5-4-25-15/h2-3,6,8-9H,4-5,7H2,1H3,(H,19,21). The monoisotopic (exact) mass is 422 g/mol. The molecule has 0 saturated carbocycles. The summed E-state index contributed by atoms with van der Waals surface area (Å²) in [5.74, 6) is 1.19. The van der Waals surface area contributed by atoms with Gasteiger partial charge in [0.25, 0.3) is 5.69 Å². The molecule has 0 fully saturated rings. The average Bonchev–Trinajstić information content (AvgIpc) is 2.62. The van der Waals surface area contributed by atoms with Gasteiger partial charge in [0.15, 0.2) is 11.5 Å². The van der Waals surface area contributed by atoms with E-state index in [9.17, 15) is 14.9 Å². The summed E-state index contributed by atoms with van der Waals surface area (Å²) in [4.78, 5) is 22.8. The van der Waals surface area contributed by atoms with Gasteiger partial charge in [-0.1, -0.05) is 15.9 Å². The van der Waals surface area contributed by atoms with Gasteiger partial charge >= 0.3 is 0 Å². The van der Waals surface area contributed by atoms with Gasteiger partial charge in [-0.25, -0.2) is 0 Å². The minimum absolute atomic E-state index is 0.0447. The third kappa shape index (κ3) is 3.88. The third-order valence-corrected chi connectivity index (χ3v) is 4.47. The van der Waals surface area contributed by atoms with Crippen LogP contribution in [-0.2, 0) is 11.2 Å². The highest BCUT2D eigenvalue weighted by molar-refractivity contribution is 9.10. The van der Waals surface area contributed by atoms with Gasteiger partial charge in [0.1, 0.15) is 19.0 Å². The van der Waals surface area contributed by atoms with E-state index in [4.69, 9.17) is 14.2 Å². The van der Waals surface area contributed by atoms with Crippen LogP contribution in [0.15, 0.2) is 34.8 Å². The Kier molecular flexibility index (Phi) is 5.27. The van der Waals surface area contributed by atoms with Crippen molar-refractivity contribution in [1.82, 2.24) is 0 Å². The molecule has 1 aliphatic rings. The van der Waals surface area contributed by atoms with E-state index in [0.29, 0.717) is 40.5 Å². The first kappa shape index (κ1) is 18.0. The first-order valence-electron chi connectivity index (χ1n) is 7.68. The quantitative estimate of drug-likeness (QED) is 0.585. The smallest absolute Gasteiger partial charge is 0.271 e. The molecule has 136 valence electrons. The van der Waals surface area contributed by atoms with Crippen molar-refractivity contribution in [3.63, 3.8) is 0 Å². The van der Waals surface area contributed by atoms with Crippen molar-refractivity contribution in [1.29, 1.82) is 0 Å². The number of methoxy groups -OCH3 is 1. The predicted octanol–water partition coefficient (Wildman–Crippen LogP) is 3.32. The zero-order valence-electron chi connectivity index (χ0n) is 13.8. The number of amides is 1. The maximum Gasteiger partial charge on any atom is 0.271 e. The molecular formula is C17H15BrN2O6. The fourth-order valence-electron chi connectivity index (χ4n) is 2.52. The minimum Gasteiger partial charge on any atom is -0.495 e. The van der Waals surface area contributed by atoms with Crippen LogP contribution < -0.4 is 19.5 Å². The highest BCUT2D eigenvalue weighted by Gasteiger charge is 2.18. The van der Waals surface area contributed by atoms with E-state index in [2.05, 4.69) is 21.2 Å². The van der Waals surface area contributed by atoms with Crippen LogP contribution in [0.2, 0.25) is 0 Å². The number of hydrogen-bond acceptors (Lipinski definition) is 6. The van der Waals surface area contributed by atoms with Crippen molar-refractivity contribution in [3.05, 3.63) is 50.5 Å². The van der Waals surface area contributed by atoms with Crippen molar-refractivity contribution in [3.8, 4) is 17.2 Å². The SMILES string of the molecule is COc1ccc([N+](=O)[O-])cc1NC(=O)Cc1cc2c(cc1Br)OCCO2. The summed E-state index contributed by atoms with van der Waals surface area (Å²) in [7, 11) is 1.42. The molecule has 0 aliphatic carbocycles. The van der Waals surface area contributed by atoms with E-state index in [1.807, 2.05) is 0 Å². The topological polar surface area (TPSA) is 99.9 Å². The summed E-state index contributed by atoms with van der Waals surface area (Å²) in [5.41, 5.74) is 0.804. The van der Waals surface area contributed by atoms with E-state index < -0.39 is 4.92 Å². The first-order valence-corrected chi connectivity index (χ1v) is 8.47. The lowest BCUT2D eigenvalue weighted by Crippen LogP contribution is -2.18. The summed E-state index contributed by atoms with van der Waals surface area (Å²) in [6, 6.07) is 7.50. The largest absolute Gasteiger partial charge is 0.495 e. The number of hydrogen-bond donors (Lipinski definition) is 1. The Balaban J connectivity index is 1.79. The van der Waals surface area contributed by atoms with Crippen molar-refractivity contribution < 1.29 is 23.9 Å². The molecule has 0 unspecified atom stereocenters. The molecule has 8 nitrogen and oxygen atoms in total. The van der Waals surface area contributed by atoms with Crippen molar-refractivity contribution in [2.45, 2.75) is 6.42 Å². The van der Waals surface area contributed by atoms with Crippen LogP contribution in [0.25, 0.3) is 0 Å². The number of benzene rings is 2. The van der Waals surface area contributed by atoms with Crippen LogP contribution in [-0.4, -0.2) is 31.2 Å². The summed E-state index contributed by atoms with van der Waals surface area (Å²) >= 11 is 3.42. The summed E-state index contributed by atoms with van der Waals surface area (Å²) < 4.78 is 16.9. The Labute approximate surface area is 157 Å². The lowest BCUT2D eigenvalue weighted by molar-refractivity contribution is -0.384. The van der Waals surface area contributed by atoms with Crippen molar-refractivity contribution in [2.75, 3.05) is 25.6 Å². The molecule has 0 spiro atoms. The van der Waals surface area contributed by atoms with Gasteiger partial charge in [0.05, 0.1) is 24.1 Å². The number of fused-ring (bicyclic) bond motifs is 1. The van der Waals surface area contributed by atoms with Crippen LogP contribution in [0.5, 0.6) is 17.2 Å². The molecule has 2 aromatic rings. The average molecular weight is 423 g/mol. The number of nitro groups is 1. The summed E-state index contributed by atoms with van der Waals surface area (Å²) in [6.07, 6.45) is 0.0447. The van der Waals surface area contributed by atoms with Crippen LogP contribution in [0.3, 0.4) is 0 Å². The first-order chi connectivity index (χ1) is 12.5. The number of carbonyl (C=O) groups excluding carboxylic acids is 1. The second-order valence-corrected chi connectivity index (χ2v) is 6.31. The lowest BCUT2D eigenvalue weighted by Gasteiger charge is -2.20. The molecule has 1 heterocycles. The second-order valence-electron chi connectivity index (χ2n) is 5.45. The van der Waals surface area contributed by atoms with E-state index in [0.717, 1.165) is 0 Å². The number of rotatable bonds is 5. The van der Waals surface area contributed by atoms with Gasteiger partial charge in [-0.2, -0.15) is 0 Å². The molecule has 0 bridgehead atoms. The Morgan fingerprint density at radius 1 is 1.27 bits per heavy atom. The molecular weight excluding hydrogens is 408 g/mol. The molecule has 1 N–H and O–H groups in total. The number of halogens is 1. The molecule has 3 rings (SSSR count). The normalized spacial score (nSPS) is 12.4. The Hall–Kier alpha value is -2.81. The molecule has 0 aromatic heterocycles. The number of non-ortho nitro benzene ring substituents is 1. The third-order valence-electron chi connectivity index (χ3n) is 3.73. The lowest BCUT2D eigenvalue weighted by atomic mass is 10.1. The van der Waals surface area contributed by atoms with E-state index >= 15 is 0 Å². The van der Waals surface area contributed by atoms with Crippen molar-refractivity contribution >= 4 is 33.2 Å². The number of nitrogens with zero attached hydrogens (tertiary/aromatic N) is 1. The van der Waals surface area contributed by atoms with Gasteiger partial charge in [-0.15, -0.1) is 0 Å². The molecule has 0 saturated heterocycles. The summed E-state index contributed by atoms with van der Waals surface area (Å²) in [5, 5.41) is 13.6. The van der Waals surface area contributed by atoms with Gasteiger partial charge in [0.2, 0.25) is 5.91 Å². The highest BCUT2D eigenvalue weighted by atomic mass is 79.9. The molecule has 2 aromatic carbocycles. The molecule has 9 heteroatoms. The number of nitrogens with one attached hydrogen (secondary N) is 1. The number of nitro benzene ring substituents is 1. The van der Waals surface area contributed by atoms with Crippen LogP contribution >= 0.6 is 15.9 Å². The van der Waals surface area contributed by atoms with Crippen molar-refractivity contribution in [2.24, 2.45) is 0 Å². The fourth-order valence-corrected chi connectivity index (χ4v) is 2.98. The highest BCUT2D eigenvalue weighted by Crippen LogP contribution is 2.36. The van der Waals surface area contributed by atoms with Gasteiger partial charge in [0, 0.05) is 16.6 Å². The Bertz CT molecular complexity index is 871. The maximum absolute atomic E-state index is 12.4. The van der Waals surface area contributed by atoms with E-state index in [1.165, 1.54) is 25.3 Å². The maximum atomic E-state index is 12.4. The number of anilines is 1. The second kappa shape index (κ2) is 7.61. The molecule has 0 atom stereocenters. The van der Waals surface area contributed by atoms with Gasteiger partial charge in [-0.05, 0) is 23.8 Å². The van der Waals surface area contributed by atoms with E-state index in [-0.39, 0.29) is 23.7 Å². The van der Waals surface area contributed by atoms with Gasteiger partial charge in [-0.3, -0.25) is 14.9 Å². The van der Waals surface area contributed by atoms with E-state index in [1.54, 1.807) is 12.1 Å². The Morgan fingerprint density at radius 2 is 1.96 bits per heavy atom. The zero-order valence-corrected chi connectivity index (χ0v) is 15.4. The number of carbonyl (C=O) groups is 1. The molecule has 1 amide bonds. The minimum atomic E-state index is -0.535. The molecule has 0 radical (unpaired) electrons. The molecule has 26 heavy (non-hydrogen) atoms. The predicted molar refractivity (Wildman–Crippen MR) is 97.1 cm³/mol. The zero-order chi connectivity index (χ0) is 18.7. The van der Waals surface area contributed by atoms with Crippen LogP contribution in [0.1, 0.15) is 5.56 Å². The number of ether oxygens (including phenoxy) is 3. The van der Waals surface area contributed by atoms with Crippen LogP contribution in [0.4, 0.5) is 11.4 Å². The summed E-state index contributed by atoms with van der Waals surface area (Å²) in [6.45, 7) is 0.928.